The molecule has 0 spiro atoms. The minimum absolute atomic E-state index is 0.104. The molecule has 0 amide bonds. The first-order valence-electron chi connectivity index (χ1n) is 5.65. The standard InChI is InChI=1S/C13H18BrFO/c1-4-9(5-2)13(16)11-10(14)7-6-8(3)12(11)15/h6-7,9,13,16H,4-5H2,1-3H3. The number of aliphatic hydroxyl groups excluding tert-OH is 1. The molecule has 1 rings (SSSR count). The van der Waals surface area contributed by atoms with Gasteiger partial charge in [-0.15, -0.1) is 0 Å². The summed E-state index contributed by atoms with van der Waals surface area (Å²) < 4.78 is 14.6. The van der Waals surface area contributed by atoms with Gasteiger partial charge in [0.25, 0.3) is 0 Å². The molecule has 0 saturated carbocycles. The van der Waals surface area contributed by atoms with Crippen LogP contribution in [-0.2, 0) is 0 Å². The maximum atomic E-state index is 14.0. The highest BCUT2D eigenvalue weighted by Crippen LogP contribution is 2.34. The van der Waals surface area contributed by atoms with Crippen LogP contribution in [0.5, 0.6) is 0 Å². The van der Waals surface area contributed by atoms with Crippen LogP contribution in [-0.4, -0.2) is 5.11 Å². The van der Waals surface area contributed by atoms with Crippen molar-refractivity contribution >= 4 is 15.9 Å². The predicted octanol–water partition coefficient (Wildman–Crippen LogP) is 4.37. The van der Waals surface area contributed by atoms with Crippen molar-refractivity contribution in [2.24, 2.45) is 5.92 Å². The van der Waals surface area contributed by atoms with Gasteiger partial charge >= 0.3 is 0 Å². The summed E-state index contributed by atoms with van der Waals surface area (Å²) in [5, 5.41) is 10.2. The van der Waals surface area contributed by atoms with Crippen LogP contribution in [0.1, 0.15) is 43.9 Å². The molecule has 0 aliphatic carbocycles. The Kier molecular flexibility index (Phi) is 4.93. The van der Waals surface area contributed by atoms with Gasteiger partial charge in [-0.3, -0.25) is 0 Å². The second-order valence-corrected chi connectivity index (χ2v) is 4.97. The molecule has 0 radical (unpaired) electrons. The monoisotopic (exact) mass is 288 g/mol. The van der Waals surface area contributed by atoms with Gasteiger partial charge < -0.3 is 5.11 Å². The highest BCUT2D eigenvalue weighted by atomic mass is 79.9. The van der Waals surface area contributed by atoms with Gasteiger partial charge in [-0.25, -0.2) is 4.39 Å². The molecule has 1 aromatic rings. The molecule has 1 nitrogen and oxygen atoms in total. The molecule has 0 fully saturated rings. The first kappa shape index (κ1) is 13.7. The van der Waals surface area contributed by atoms with E-state index in [2.05, 4.69) is 15.9 Å². The zero-order valence-corrected chi connectivity index (χ0v) is 11.5. The molecule has 0 aliphatic rings. The average molecular weight is 289 g/mol. The normalized spacial score (nSPS) is 13.2. The lowest BCUT2D eigenvalue weighted by atomic mass is 9.90. The van der Waals surface area contributed by atoms with Crippen LogP contribution in [0, 0.1) is 18.7 Å². The zero-order valence-electron chi connectivity index (χ0n) is 9.93. The summed E-state index contributed by atoms with van der Waals surface area (Å²) in [5.41, 5.74) is 0.969. The molecule has 1 atom stereocenters. The maximum Gasteiger partial charge on any atom is 0.133 e. The average Bonchev–Trinajstić information content (AvgIpc) is 2.26. The van der Waals surface area contributed by atoms with E-state index in [0.29, 0.717) is 15.6 Å². The van der Waals surface area contributed by atoms with Crippen molar-refractivity contribution in [3.8, 4) is 0 Å². The van der Waals surface area contributed by atoms with Crippen molar-refractivity contribution in [3.63, 3.8) is 0 Å². The lowest BCUT2D eigenvalue weighted by molar-refractivity contribution is 0.0987. The van der Waals surface area contributed by atoms with E-state index in [9.17, 15) is 9.50 Å². The molecular weight excluding hydrogens is 271 g/mol. The third-order valence-electron chi connectivity index (χ3n) is 3.11. The Morgan fingerprint density at radius 2 is 1.88 bits per heavy atom. The fourth-order valence-corrected chi connectivity index (χ4v) is 2.46. The molecule has 0 saturated heterocycles. The quantitative estimate of drug-likeness (QED) is 0.872. The number of hydrogen-bond donors (Lipinski definition) is 1. The fourth-order valence-electron chi connectivity index (χ4n) is 1.92. The van der Waals surface area contributed by atoms with Crippen molar-refractivity contribution in [1.29, 1.82) is 0 Å². The van der Waals surface area contributed by atoms with Crippen molar-refractivity contribution in [2.75, 3.05) is 0 Å². The summed E-state index contributed by atoms with van der Waals surface area (Å²) in [5.74, 6) is -0.193. The molecule has 3 heteroatoms. The fraction of sp³-hybridized carbons (Fsp3) is 0.538. The van der Waals surface area contributed by atoms with Crippen LogP contribution >= 0.6 is 15.9 Å². The third-order valence-corrected chi connectivity index (χ3v) is 3.80. The van der Waals surface area contributed by atoms with E-state index in [1.807, 2.05) is 13.8 Å². The number of rotatable bonds is 4. The lowest BCUT2D eigenvalue weighted by Gasteiger charge is -2.22. The smallest absolute Gasteiger partial charge is 0.133 e. The van der Waals surface area contributed by atoms with Gasteiger partial charge in [0.2, 0.25) is 0 Å². The predicted molar refractivity (Wildman–Crippen MR) is 67.9 cm³/mol. The summed E-state index contributed by atoms with van der Waals surface area (Å²) in [7, 11) is 0. The highest BCUT2D eigenvalue weighted by Gasteiger charge is 2.23. The molecule has 16 heavy (non-hydrogen) atoms. The van der Waals surface area contributed by atoms with Gasteiger partial charge in [0.05, 0.1) is 6.10 Å². The number of benzene rings is 1. The van der Waals surface area contributed by atoms with Gasteiger partial charge in [0.15, 0.2) is 0 Å². The molecule has 0 aromatic heterocycles. The first-order chi connectivity index (χ1) is 7.52. The minimum Gasteiger partial charge on any atom is -0.388 e. The summed E-state index contributed by atoms with van der Waals surface area (Å²) in [6, 6.07) is 3.50. The molecule has 0 bridgehead atoms. The number of aliphatic hydroxyl groups is 1. The Morgan fingerprint density at radius 1 is 1.31 bits per heavy atom. The second-order valence-electron chi connectivity index (χ2n) is 4.11. The number of hydrogen-bond acceptors (Lipinski definition) is 1. The first-order valence-corrected chi connectivity index (χ1v) is 6.44. The van der Waals surface area contributed by atoms with E-state index in [1.54, 1.807) is 19.1 Å². The largest absolute Gasteiger partial charge is 0.388 e. The summed E-state index contributed by atoms with van der Waals surface area (Å²) >= 11 is 3.31. The molecule has 1 aromatic carbocycles. The van der Waals surface area contributed by atoms with Crippen LogP contribution in [0.3, 0.4) is 0 Å². The van der Waals surface area contributed by atoms with Crippen molar-refractivity contribution in [3.05, 3.63) is 33.5 Å². The topological polar surface area (TPSA) is 20.2 Å². The van der Waals surface area contributed by atoms with Gasteiger partial charge in [-0.1, -0.05) is 48.7 Å². The Bertz CT molecular complexity index is 361. The summed E-state index contributed by atoms with van der Waals surface area (Å²) in [6.45, 7) is 5.74. The molecule has 0 aliphatic heterocycles. The van der Waals surface area contributed by atoms with E-state index in [0.717, 1.165) is 12.8 Å². The van der Waals surface area contributed by atoms with E-state index in [4.69, 9.17) is 0 Å². The molecule has 1 unspecified atom stereocenters. The summed E-state index contributed by atoms with van der Waals surface area (Å²) in [4.78, 5) is 0. The number of aryl methyl sites for hydroxylation is 1. The Balaban J connectivity index is 3.16. The molecule has 1 N–H and O–H groups in total. The van der Waals surface area contributed by atoms with Crippen LogP contribution in [0.15, 0.2) is 16.6 Å². The van der Waals surface area contributed by atoms with Crippen molar-refractivity contribution in [2.45, 2.75) is 39.7 Å². The van der Waals surface area contributed by atoms with E-state index < -0.39 is 6.10 Å². The van der Waals surface area contributed by atoms with Gasteiger partial charge in [0, 0.05) is 10.0 Å². The van der Waals surface area contributed by atoms with Crippen LogP contribution in [0.25, 0.3) is 0 Å². The van der Waals surface area contributed by atoms with Crippen LogP contribution in [0.4, 0.5) is 4.39 Å². The zero-order chi connectivity index (χ0) is 12.3. The number of halogens is 2. The van der Waals surface area contributed by atoms with Gasteiger partial charge in [-0.05, 0) is 24.5 Å². The van der Waals surface area contributed by atoms with E-state index in [-0.39, 0.29) is 11.7 Å². The SMILES string of the molecule is CCC(CC)C(O)c1c(Br)ccc(C)c1F. The Hall–Kier alpha value is -0.410. The minimum atomic E-state index is -0.732. The van der Waals surface area contributed by atoms with Crippen molar-refractivity contribution < 1.29 is 9.50 Å². The molecular formula is C13H18BrFO. The summed E-state index contributed by atoms with van der Waals surface area (Å²) in [6.07, 6.45) is 0.957. The lowest BCUT2D eigenvalue weighted by Crippen LogP contribution is -2.13. The highest BCUT2D eigenvalue weighted by molar-refractivity contribution is 9.10. The van der Waals surface area contributed by atoms with Crippen LogP contribution in [0.2, 0.25) is 0 Å². The second kappa shape index (κ2) is 5.78. The van der Waals surface area contributed by atoms with Gasteiger partial charge in [0.1, 0.15) is 5.82 Å². The third kappa shape index (κ3) is 2.64. The van der Waals surface area contributed by atoms with Crippen LogP contribution < -0.4 is 0 Å². The van der Waals surface area contributed by atoms with E-state index >= 15 is 0 Å². The Labute approximate surface area is 105 Å². The molecule has 90 valence electrons. The van der Waals surface area contributed by atoms with Gasteiger partial charge in [-0.2, -0.15) is 0 Å². The maximum absolute atomic E-state index is 14.0. The molecule has 0 heterocycles. The Morgan fingerprint density at radius 3 is 2.38 bits per heavy atom. The van der Waals surface area contributed by atoms with Crippen molar-refractivity contribution in [1.82, 2.24) is 0 Å². The van der Waals surface area contributed by atoms with E-state index in [1.165, 1.54) is 0 Å².